The summed E-state index contributed by atoms with van der Waals surface area (Å²) in [5.41, 5.74) is 2.42. The van der Waals surface area contributed by atoms with Crippen LogP contribution in [0.1, 0.15) is 48.0 Å². The van der Waals surface area contributed by atoms with Gasteiger partial charge in [0.1, 0.15) is 0 Å². The van der Waals surface area contributed by atoms with E-state index in [1.54, 1.807) is 41.3 Å². The fourth-order valence-corrected chi connectivity index (χ4v) is 6.50. The number of piperidine rings is 2. The first kappa shape index (κ1) is 30.0. The van der Waals surface area contributed by atoms with Crippen LogP contribution in [0, 0.1) is 5.92 Å². The number of likely N-dealkylation sites (tertiary alicyclic amines) is 3. The zero-order valence-corrected chi connectivity index (χ0v) is 23.7. The summed E-state index contributed by atoms with van der Waals surface area (Å²) in [6.07, 6.45) is -4.37. The topological polar surface area (TPSA) is 43.9 Å². The molecule has 2 aromatic rings. The molecule has 222 valence electrons. The van der Waals surface area contributed by atoms with Crippen LogP contribution >= 0.6 is 23.2 Å². The molecule has 0 aromatic heterocycles. The van der Waals surface area contributed by atoms with Crippen LogP contribution < -0.4 is 0 Å². The van der Waals surface area contributed by atoms with Gasteiger partial charge in [-0.2, -0.15) is 13.2 Å². The summed E-state index contributed by atoms with van der Waals surface area (Å²) < 4.78 is 65.9. The number of hydrogen-bond donors (Lipinski definition) is 0. The molecule has 0 spiro atoms. The maximum Gasteiger partial charge on any atom is 0.391 e. The summed E-state index contributed by atoms with van der Waals surface area (Å²) >= 11 is 13.2. The minimum atomic E-state index is -4.24. The first-order chi connectivity index (χ1) is 19.3. The summed E-state index contributed by atoms with van der Waals surface area (Å²) in [4.78, 5) is 30.8. The Morgan fingerprint density at radius 3 is 2.02 bits per heavy atom. The highest BCUT2D eigenvalue weighted by molar-refractivity contribution is 6.36. The Kier molecular flexibility index (Phi) is 8.56. The van der Waals surface area contributed by atoms with Gasteiger partial charge in [-0.25, -0.2) is 8.78 Å². The summed E-state index contributed by atoms with van der Waals surface area (Å²) in [5.74, 6) is -4.47. The van der Waals surface area contributed by atoms with E-state index in [0.717, 1.165) is 5.56 Å². The van der Waals surface area contributed by atoms with Crippen molar-refractivity contribution in [3.63, 3.8) is 0 Å². The Bertz CT molecular complexity index is 1260. The lowest BCUT2D eigenvalue weighted by Gasteiger charge is -2.34. The number of amides is 2. The summed E-state index contributed by atoms with van der Waals surface area (Å²) in [7, 11) is 0. The number of carbonyl (C=O) groups is 2. The standard InChI is InChI=1S/C29H30Cl2F5N3O2/c30-23-15-20(18-1-3-19(4-2-18)26(40)38-10-5-21(6-11-38)29(34,35)36)16-24(31)22(23)17-39-12-7-25(27(39)41)37-13-8-28(32,33)9-14-37/h1-4,15-16,21,25H,5-14,17H2. The predicted octanol–water partition coefficient (Wildman–Crippen LogP) is 6.91. The van der Waals surface area contributed by atoms with Gasteiger partial charge in [0.15, 0.2) is 0 Å². The van der Waals surface area contributed by atoms with Gasteiger partial charge in [-0.1, -0.05) is 35.3 Å². The minimum absolute atomic E-state index is 0.0612. The molecule has 0 aliphatic carbocycles. The summed E-state index contributed by atoms with van der Waals surface area (Å²) in [5, 5.41) is 0.739. The van der Waals surface area contributed by atoms with Crippen LogP contribution in [0.2, 0.25) is 10.0 Å². The lowest BCUT2D eigenvalue weighted by atomic mass is 9.95. The molecule has 41 heavy (non-hydrogen) atoms. The number of benzene rings is 2. The fraction of sp³-hybridized carbons (Fsp3) is 0.517. The molecule has 1 atom stereocenters. The van der Waals surface area contributed by atoms with Crippen molar-refractivity contribution in [1.29, 1.82) is 0 Å². The van der Waals surface area contributed by atoms with Gasteiger partial charge in [-0.3, -0.25) is 14.5 Å². The second kappa shape index (κ2) is 11.7. The third-order valence-corrected chi connectivity index (χ3v) is 9.11. The van der Waals surface area contributed by atoms with E-state index >= 15 is 0 Å². The van der Waals surface area contributed by atoms with E-state index in [2.05, 4.69) is 0 Å². The zero-order chi connectivity index (χ0) is 29.5. The van der Waals surface area contributed by atoms with Gasteiger partial charge in [0.05, 0.1) is 12.0 Å². The van der Waals surface area contributed by atoms with Crippen LogP contribution in [-0.2, 0) is 11.3 Å². The number of alkyl halides is 5. The van der Waals surface area contributed by atoms with Crippen molar-refractivity contribution < 1.29 is 31.5 Å². The monoisotopic (exact) mass is 617 g/mol. The van der Waals surface area contributed by atoms with E-state index in [9.17, 15) is 31.5 Å². The van der Waals surface area contributed by atoms with Gasteiger partial charge in [0.25, 0.3) is 11.8 Å². The molecule has 0 bridgehead atoms. The molecule has 0 radical (unpaired) electrons. The van der Waals surface area contributed by atoms with Crippen LogP contribution in [0.25, 0.3) is 11.1 Å². The third-order valence-electron chi connectivity index (χ3n) is 8.44. The van der Waals surface area contributed by atoms with Crippen molar-refractivity contribution >= 4 is 35.0 Å². The molecule has 3 aliphatic heterocycles. The van der Waals surface area contributed by atoms with Gasteiger partial charge in [-0.15, -0.1) is 0 Å². The zero-order valence-electron chi connectivity index (χ0n) is 22.2. The summed E-state index contributed by atoms with van der Waals surface area (Å²) in [6.45, 7) is 1.18. The van der Waals surface area contributed by atoms with Crippen LogP contribution in [0.5, 0.6) is 0 Å². The van der Waals surface area contributed by atoms with E-state index in [1.807, 2.05) is 4.90 Å². The van der Waals surface area contributed by atoms with Gasteiger partial charge in [0.2, 0.25) is 5.91 Å². The van der Waals surface area contributed by atoms with E-state index < -0.39 is 24.1 Å². The number of nitrogens with zero attached hydrogens (tertiary/aromatic N) is 3. The molecule has 0 N–H and O–H groups in total. The molecule has 5 nitrogen and oxygen atoms in total. The first-order valence-electron chi connectivity index (χ1n) is 13.7. The molecular weight excluding hydrogens is 588 g/mol. The average Bonchev–Trinajstić information content (AvgIpc) is 3.29. The maximum absolute atomic E-state index is 13.5. The molecule has 3 fully saturated rings. The van der Waals surface area contributed by atoms with Crippen LogP contribution in [0.4, 0.5) is 22.0 Å². The number of rotatable bonds is 5. The Morgan fingerprint density at radius 1 is 0.878 bits per heavy atom. The molecular formula is C29H30Cl2F5N3O2. The number of carbonyl (C=O) groups excluding carboxylic acids is 2. The molecule has 1 unspecified atom stereocenters. The number of hydrogen-bond acceptors (Lipinski definition) is 3. The second-order valence-electron chi connectivity index (χ2n) is 11.1. The average molecular weight is 618 g/mol. The normalized spacial score (nSPS) is 22.4. The Hall–Kier alpha value is -2.43. The molecule has 3 heterocycles. The lowest BCUT2D eigenvalue weighted by Crippen LogP contribution is -2.48. The SMILES string of the molecule is O=C(c1ccc(-c2cc(Cl)c(CN3CCC(N4CCC(F)(F)CC4)C3=O)c(Cl)c2)cc1)N1CCC(C(F)(F)F)CC1. The Labute approximate surface area is 245 Å². The van der Waals surface area contributed by atoms with Gasteiger partial charge >= 0.3 is 6.18 Å². The van der Waals surface area contributed by atoms with Crippen molar-refractivity contribution in [3.8, 4) is 11.1 Å². The highest BCUT2D eigenvalue weighted by Gasteiger charge is 2.43. The molecule has 3 saturated heterocycles. The molecule has 2 amide bonds. The quantitative estimate of drug-likeness (QED) is 0.343. The van der Waals surface area contributed by atoms with Gasteiger partial charge < -0.3 is 9.80 Å². The molecule has 5 rings (SSSR count). The van der Waals surface area contributed by atoms with Crippen LogP contribution in [-0.4, -0.2) is 77.4 Å². The fourth-order valence-electron chi connectivity index (χ4n) is 5.89. The van der Waals surface area contributed by atoms with E-state index in [1.165, 1.54) is 4.90 Å². The minimum Gasteiger partial charge on any atom is -0.339 e. The summed E-state index contributed by atoms with van der Waals surface area (Å²) in [6, 6.07) is 9.76. The van der Waals surface area contributed by atoms with Gasteiger partial charge in [0, 0.05) is 73.3 Å². The maximum atomic E-state index is 13.5. The smallest absolute Gasteiger partial charge is 0.339 e. The van der Waals surface area contributed by atoms with Crippen molar-refractivity contribution in [2.24, 2.45) is 5.92 Å². The largest absolute Gasteiger partial charge is 0.391 e. The first-order valence-corrected chi connectivity index (χ1v) is 14.4. The van der Waals surface area contributed by atoms with E-state index in [4.69, 9.17) is 23.2 Å². The predicted molar refractivity (Wildman–Crippen MR) is 146 cm³/mol. The lowest BCUT2D eigenvalue weighted by molar-refractivity contribution is -0.183. The Morgan fingerprint density at radius 2 is 1.46 bits per heavy atom. The number of halogens is 7. The second-order valence-corrected chi connectivity index (χ2v) is 11.9. The van der Waals surface area contributed by atoms with Crippen molar-refractivity contribution in [2.45, 2.75) is 56.8 Å². The van der Waals surface area contributed by atoms with Crippen LogP contribution in [0.15, 0.2) is 36.4 Å². The van der Waals surface area contributed by atoms with Crippen molar-refractivity contribution in [3.05, 3.63) is 57.6 Å². The Balaban J connectivity index is 1.22. The molecule has 2 aromatic carbocycles. The molecule has 3 aliphatic rings. The highest BCUT2D eigenvalue weighted by Crippen LogP contribution is 2.36. The highest BCUT2D eigenvalue weighted by atomic mass is 35.5. The van der Waals surface area contributed by atoms with Gasteiger partial charge in [-0.05, 0) is 54.7 Å². The van der Waals surface area contributed by atoms with Crippen molar-refractivity contribution in [1.82, 2.24) is 14.7 Å². The van der Waals surface area contributed by atoms with Crippen LogP contribution in [0.3, 0.4) is 0 Å². The third kappa shape index (κ3) is 6.65. The molecule has 12 heteroatoms. The molecule has 0 saturated carbocycles. The van der Waals surface area contributed by atoms with Crippen molar-refractivity contribution in [2.75, 3.05) is 32.7 Å². The van der Waals surface area contributed by atoms with E-state index in [0.29, 0.717) is 39.7 Å². The van der Waals surface area contributed by atoms with E-state index in [-0.39, 0.29) is 70.2 Å².